The molecule has 0 fully saturated rings. The molecule has 19 heavy (non-hydrogen) atoms. The lowest BCUT2D eigenvalue weighted by atomic mass is 10.3. The zero-order valence-electron chi connectivity index (χ0n) is 10.6. The van der Waals surface area contributed by atoms with Crippen LogP contribution in [0.5, 0.6) is 6.01 Å². The highest BCUT2D eigenvalue weighted by Crippen LogP contribution is 2.27. The number of ether oxygens (including phenoxy) is 1. The molecule has 100 valence electrons. The first-order valence-electron chi connectivity index (χ1n) is 5.67. The Kier molecular flexibility index (Phi) is 4.81. The van der Waals surface area contributed by atoms with Gasteiger partial charge in [0, 0.05) is 4.90 Å². The lowest BCUT2D eigenvalue weighted by molar-refractivity contribution is 0.312. The van der Waals surface area contributed by atoms with Gasteiger partial charge in [-0.15, -0.1) is 11.8 Å². The van der Waals surface area contributed by atoms with Crippen molar-refractivity contribution >= 4 is 35.0 Å². The zero-order valence-corrected chi connectivity index (χ0v) is 12.1. The molecule has 0 unspecified atom stereocenters. The van der Waals surface area contributed by atoms with E-state index in [1.165, 1.54) is 0 Å². The Hall–Kier alpha value is -1.53. The van der Waals surface area contributed by atoms with Crippen LogP contribution in [0.15, 0.2) is 29.2 Å². The van der Waals surface area contributed by atoms with Gasteiger partial charge in [0.25, 0.3) is 0 Å². The van der Waals surface area contributed by atoms with Crippen molar-refractivity contribution < 1.29 is 4.74 Å². The summed E-state index contributed by atoms with van der Waals surface area (Å²) in [6.45, 7) is 2.33. The van der Waals surface area contributed by atoms with Crippen molar-refractivity contribution in [3.8, 4) is 6.01 Å². The third-order valence-electron chi connectivity index (χ3n) is 2.21. The van der Waals surface area contributed by atoms with E-state index in [-0.39, 0.29) is 11.3 Å². The second-order valence-corrected chi connectivity index (χ2v) is 4.66. The zero-order chi connectivity index (χ0) is 13.7. The van der Waals surface area contributed by atoms with E-state index in [9.17, 15) is 0 Å². The van der Waals surface area contributed by atoms with Gasteiger partial charge in [0.15, 0.2) is 0 Å². The Morgan fingerprint density at radius 2 is 2.05 bits per heavy atom. The fourth-order valence-corrected chi connectivity index (χ4v) is 2.16. The number of anilines is 2. The predicted octanol–water partition coefficient (Wildman–Crippen LogP) is 3.39. The van der Waals surface area contributed by atoms with E-state index < -0.39 is 0 Å². The molecule has 0 saturated heterocycles. The highest BCUT2D eigenvalue weighted by Gasteiger charge is 2.07. The number of rotatable bonds is 5. The van der Waals surface area contributed by atoms with E-state index in [1.807, 2.05) is 37.4 Å². The molecule has 0 aliphatic heterocycles. The minimum atomic E-state index is 0.0996. The minimum Gasteiger partial charge on any atom is -0.464 e. The van der Waals surface area contributed by atoms with Crippen molar-refractivity contribution in [3.05, 3.63) is 29.5 Å². The molecule has 5 nitrogen and oxygen atoms in total. The van der Waals surface area contributed by atoms with Crippen LogP contribution < -0.4 is 10.1 Å². The van der Waals surface area contributed by atoms with Crippen molar-refractivity contribution in [3.63, 3.8) is 0 Å². The quantitative estimate of drug-likeness (QED) is 0.854. The van der Waals surface area contributed by atoms with Crippen LogP contribution >= 0.6 is 23.4 Å². The Morgan fingerprint density at radius 1 is 1.26 bits per heavy atom. The summed E-state index contributed by atoms with van der Waals surface area (Å²) in [5.74, 6) is 0.366. The summed E-state index contributed by atoms with van der Waals surface area (Å²) >= 11 is 7.47. The van der Waals surface area contributed by atoms with Crippen molar-refractivity contribution in [2.24, 2.45) is 0 Å². The molecule has 1 aromatic carbocycles. The highest BCUT2D eigenvalue weighted by molar-refractivity contribution is 7.98. The molecule has 0 radical (unpaired) electrons. The second-order valence-electron chi connectivity index (χ2n) is 3.47. The largest absolute Gasteiger partial charge is 0.464 e. The van der Waals surface area contributed by atoms with Gasteiger partial charge in [0.05, 0.1) is 12.3 Å². The molecule has 0 aliphatic carbocycles. The van der Waals surface area contributed by atoms with E-state index in [0.29, 0.717) is 12.6 Å². The van der Waals surface area contributed by atoms with Crippen LogP contribution in [-0.2, 0) is 0 Å². The van der Waals surface area contributed by atoms with Crippen LogP contribution in [-0.4, -0.2) is 27.8 Å². The Morgan fingerprint density at radius 3 is 2.79 bits per heavy atom. The van der Waals surface area contributed by atoms with Crippen LogP contribution in [0.4, 0.5) is 11.6 Å². The number of hydrogen-bond acceptors (Lipinski definition) is 6. The molecule has 0 bridgehead atoms. The summed E-state index contributed by atoms with van der Waals surface area (Å²) < 4.78 is 5.23. The summed E-state index contributed by atoms with van der Waals surface area (Å²) in [6.07, 6.45) is 2.01. The molecule has 0 amide bonds. The number of thioether (sulfide) groups is 1. The van der Waals surface area contributed by atoms with E-state index in [0.717, 1.165) is 10.6 Å². The van der Waals surface area contributed by atoms with Crippen LogP contribution in [0, 0.1) is 0 Å². The van der Waals surface area contributed by atoms with Crippen molar-refractivity contribution in [2.45, 2.75) is 11.8 Å². The molecular formula is C12H13ClN4OS. The van der Waals surface area contributed by atoms with E-state index in [2.05, 4.69) is 20.3 Å². The van der Waals surface area contributed by atoms with Crippen LogP contribution in [0.2, 0.25) is 5.28 Å². The average Bonchev–Trinajstić information content (AvgIpc) is 2.39. The Labute approximate surface area is 120 Å². The first-order chi connectivity index (χ1) is 9.22. The van der Waals surface area contributed by atoms with Gasteiger partial charge in [0.2, 0.25) is 11.2 Å². The smallest absolute Gasteiger partial charge is 0.322 e. The fourth-order valence-electron chi connectivity index (χ4n) is 1.45. The van der Waals surface area contributed by atoms with E-state index in [4.69, 9.17) is 16.3 Å². The van der Waals surface area contributed by atoms with Crippen molar-refractivity contribution in [1.82, 2.24) is 15.0 Å². The van der Waals surface area contributed by atoms with Gasteiger partial charge in [-0.3, -0.25) is 0 Å². The SMILES string of the molecule is CCOc1nc(Cl)nc(Nc2ccccc2SC)n1. The summed E-state index contributed by atoms with van der Waals surface area (Å²) in [5, 5.41) is 3.22. The number of aromatic nitrogens is 3. The molecule has 1 aromatic heterocycles. The van der Waals surface area contributed by atoms with Crippen LogP contribution in [0.1, 0.15) is 6.92 Å². The number of nitrogens with one attached hydrogen (secondary N) is 1. The van der Waals surface area contributed by atoms with E-state index in [1.54, 1.807) is 11.8 Å². The number of benzene rings is 1. The molecule has 0 aliphatic rings. The molecule has 1 heterocycles. The highest BCUT2D eigenvalue weighted by atomic mass is 35.5. The lowest BCUT2D eigenvalue weighted by Gasteiger charge is -2.09. The van der Waals surface area contributed by atoms with Gasteiger partial charge in [-0.05, 0) is 36.9 Å². The molecule has 2 rings (SSSR count). The fraction of sp³-hybridized carbons (Fsp3) is 0.250. The molecule has 0 spiro atoms. The van der Waals surface area contributed by atoms with Gasteiger partial charge >= 0.3 is 6.01 Å². The topological polar surface area (TPSA) is 59.9 Å². The first-order valence-corrected chi connectivity index (χ1v) is 7.27. The Bertz CT molecular complexity index is 567. The number of para-hydroxylation sites is 1. The molecule has 0 saturated carbocycles. The second kappa shape index (κ2) is 6.58. The van der Waals surface area contributed by atoms with Gasteiger partial charge < -0.3 is 10.1 Å². The first kappa shape index (κ1) is 13.9. The van der Waals surface area contributed by atoms with Crippen LogP contribution in [0.3, 0.4) is 0 Å². The maximum absolute atomic E-state index is 5.84. The standard InChI is InChI=1S/C12H13ClN4OS/c1-3-18-12-16-10(13)15-11(17-12)14-8-6-4-5-7-9(8)19-2/h4-7H,3H2,1-2H3,(H,14,15,16,17). The Balaban J connectivity index is 2.27. The third kappa shape index (κ3) is 3.71. The maximum atomic E-state index is 5.84. The summed E-state index contributed by atoms with van der Waals surface area (Å²) in [7, 11) is 0. The van der Waals surface area contributed by atoms with Gasteiger partial charge in [0.1, 0.15) is 0 Å². The summed E-state index contributed by atoms with van der Waals surface area (Å²) in [5.41, 5.74) is 0.916. The maximum Gasteiger partial charge on any atom is 0.322 e. The minimum absolute atomic E-state index is 0.0996. The van der Waals surface area contributed by atoms with Crippen molar-refractivity contribution in [2.75, 3.05) is 18.2 Å². The number of nitrogens with zero attached hydrogens (tertiary/aromatic N) is 3. The summed E-state index contributed by atoms with van der Waals surface area (Å²) in [6, 6.07) is 8.09. The number of hydrogen-bond donors (Lipinski definition) is 1. The van der Waals surface area contributed by atoms with Crippen LogP contribution in [0.25, 0.3) is 0 Å². The molecule has 2 aromatic rings. The molecular weight excluding hydrogens is 284 g/mol. The predicted molar refractivity (Wildman–Crippen MR) is 77.5 cm³/mol. The van der Waals surface area contributed by atoms with Gasteiger partial charge in [-0.2, -0.15) is 15.0 Å². The molecule has 7 heteroatoms. The summed E-state index contributed by atoms with van der Waals surface area (Å²) in [4.78, 5) is 13.2. The van der Waals surface area contributed by atoms with E-state index >= 15 is 0 Å². The average molecular weight is 297 g/mol. The van der Waals surface area contributed by atoms with Gasteiger partial charge in [-0.25, -0.2) is 0 Å². The van der Waals surface area contributed by atoms with Crippen molar-refractivity contribution in [1.29, 1.82) is 0 Å². The monoisotopic (exact) mass is 296 g/mol. The normalized spacial score (nSPS) is 10.3. The number of halogens is 1. The molecule has 0 atom stereocenters. The lowest BCUT2D eigenvalue weighted by Crippen LogP contribution is -2.04. The van der Waals surface area contributed by atoms with Gasteiger partial charge in [-0.1, -0.05) is 12.1 Å². The molecule has 1 N–H and O–H groups in total. The third-order valence-corrected chi connectivity index (χ3v) is 3.18.